The predicted molar refractivity (Wildman–Crippen MR) is 79.2 cm³/mol. The Morgan fingerprint density at radius 2 is 2.19 bits per heavy atom. The lowest BCUT2D eigenvalue weighted by Gasteiger charge is -2.12. The molecule has 0 aliphatic rings. The van der Waals surface area contributed by atoms with Crippen molar-refractivity contribution in [1.29, 1.82) is 0 Å². The van der Waals surface area contributed by atoms with Gasteiger partial charge in [0.05, 0.1) is 18.4 Å². The van der Waals surface area contributed by atoms with E-state index in [9.17, 15) is 9.59 Å². The molecule has 112 valence electrons. The van der Waals surface area contributed by atoms with Crippen LogP contribution in [0, 0.1) is 13.8 Å². The molecular formula is C15H17NO4S. The van der Waals surface area contributed by atoms with Gasteiger partial charge in [-0.25, -0.2) is 4.79 Å². The van der Waals surface area contributed by atoms with E-state index >= 15 is 0 Å². The third-order valence-electron chi connectivity index (χ3n) is 2.93. The summed E-state index contributed by atoms with van der Waals surface area (Å²) >= 11 is 1.53. The summed E-state index contributed by atoms with van der Waals surface area (Å²) in [6, 6.07) is 5.27. The maximum Gasteiger partial charge on any atom is 0.340 e. The van der Waals surface area contributed by atoms with E-state index in [1.807, 2.05) is 13.8 Å². The summed E-state index contributed by atoms with van der Waals surface area (Å²) < 4.78 is 10.3. The highest BCUT2D eigenvalue weighted by Crippen LogP contribution is 2.21. The topological polar surface area (TPSA) is 68.5 Å². The number of hydrogen-bond acceptors (Lipinski definition) is 5. The Kier molecular flexibility index (Phi) is 4.80. The van der Waals surface area contributed by atoms with Gasteiger partial charge in [-0.3, -0.25) is 4.79 Å². The third kappa shape index (κ3) is 3.95. The average molecular weight is 307 g/mol. The summed E-state index contributed by atoms with van der Waals surface area (Å²) in [6.07, 6.45) is 0.680. The molecule has 0 spiro atoms. The van der Waals surface area contributed by atoms with Crippen LogP contribution >= 0.6 is 11.3 Å². The third-order valence-corrected chi connectivity index (χ3v) is 3.90. The molecule has 5 nitrogen and oxygen atoms in total. The van der Waals surface area contributed by atoms with Crippen molar-refractivity contribution < 1.29 is 18.7 Å². The van der Waals surface area contributed by atoms with E-state index in [0.717, 1.165) is 9.75 Å². The van der Waals surface area contributed by atoms with Crippen molar-refractivity contribution in [2.24, 2.45) is 0 Å². The zero-order valence-corrected chi connectivity index (χ0v) is 13.0. The van der Waals surface area contributed by atoms with Gasteiger partial charge in [-0.05, 0) is 39.0 Å². The Labute approximate surface area is 126 Å². The number of hydrogen-bond donors (Lipinski definition) is 1. The maximum atomic E-state index is 12.0. The molecule has 0 aliphatic carbocycles. The summed E-state index contributed by atoms with van der Waals surface area (Å²) in [7, 11) is 0. The van der Waals surface area contributed by atoms with Gasteiger partial charge >= 0.3 is 5.97 Å². The van der Waals surface area contributed by atoms with Crippen LogP contribution in [0.3, 0.4) is 0 Å². The number of carbonyl (C=O) groups is 2. The number of carbonyl (C=O) groups excluding carboxylic acids is 2. The van der Waals surface area contributed by atoms with Crippen molar-refractivity contribution in [2.75, 3.05) is 0 Å². The summed E-state index contributed by atoms with van der Waals surface area (Å²) in [4.78, 5) is 25.8. The minimum absolute atomic E-state index is 0.268. The fraction of sp³-hybridized carbons (Fsp3) is 0.333. The van der Waals surface area contributed by atoms with Gasteiger partial charge in [0, 0.05) is 9.75 Å². The first-order valence-electron chi connectivity index (χ1n) is 6.55. The van der Waals surface area contributed by atoms with Crippen LogP contribution in [-0.2, 0) is 16.1 Å². The van der Waals surface area contributed by atoms with Gasteiger partial charge in [0.1, 0.15) is 5.76 Å². The van der Waals surface area contributed by atoms with Gasteiger partial charge in [-0.15, -0.1) is 11.3 Å². The standard InChI is InChI=1S/C15H17NO4S/c1-9-7-13(11(3)21-9)15(18)20-10(2)14(17)16-8-12-5-4-6-19-12/h4-7,10H,8H2,1-3H3,(H,16,17)/t10-/m1/s1. The SMILES string of the molecule is Cc1cc(C(=O)O[C@H](C)C(=O)NCc2ccco2)c(C)s1. The van der Waals surface area contributed by atoms with Crippen LogP contribution in [-0.4, -0.2) is 18.0 Å². The van der Waals surface area contributed by atoms with Crippen molar-refractivity contribution in [3.05, 3.63) is 45.5 Å². The molecule has 0 bridgehead atoms. The molecule has 0 saturated carbocycles. The summed E-state index contributed by atoms with van der Waals surface area (Å²) in [6.45, 7) is 5.60. The smallest absolute Gasteiger partial charge is 0.340 e. The lowest BCUT2D eigenvalue weighted by Crippen LogP contribution is -2.35. The van der Waals surface area contributed by atoms with Gasteiger partial charge in [0.25, 0.3) is 5.91 Å². The van der Waals surface area contributed by atoms with Gasteiger partial charge in [-0.2, -0.15) is 0 Å². The summed E-state index contributed by atoms with van der Waals surface area (Å²) in [5, 5.41) is 2.65. The van der Waals surface area contributed by atoms with E-state index in [0.29, 0.717) is 11.3 Å². The number of ether oxygens (including phenoxy) is 1. The lowest BCUT2D eigenvalue weighted by molar-refractivity contribution is -0.129. The Morgan fingerprint density at radius 3 is 2.76 bits per heavy atom. The highest BCUT2D eigenvalue weighted by Gasteiger charge is 2.21. The average Bonchev–Trinajstić information content (AvgIpc) is 3.05. The Morgan fingerprint density at radius 1 is 1.43 bits per heavy atom. The highest BCUT2D eigenvalue weighted by atomic mass is 32.1. The van der Waals surface area contributed by atoms with Crippen molar-refractivity contribution >= 4 is 23.2 Å². The molecule has 2 rings (SSSR count). The Hall–Kier alpha value is -2.08. The number of thiophene rings is 1. The van der Waals surface area contributed by atoms with Crippen LogP contribution in [0.1, 0.15) is 32.8 Å². The zero-order valence-electron chi connectivity index (χ0n) is 12.1. The van der Waals surface area contributed by atoms with Crippen LogP contribution in [0.25, 0.3) is 0 Å². The van der Waals surface area contributed by atoms with E-state index in [1.165, 1.54) is 17.6 Å². The van der Waals surface area contributed by atoms with Crippen LogP contribution in [0.2, 0.25) is 0 Å². The molecule has 0 fully saturated rings. The number of esters is 1. The largest absolute Gasteiger partial charge is 0.467 e. The van der Waals surface area contributed by atoms with Crippen molar-refractivity contribution in [1.82, 2.24) is 5.32 Å². The van der Waals surface area contributed by atoms with Crippen molar-refractivity contribution in [2.45, 2.75) is 33.4 Å². The molecule has 1 atom stereocenters. The Balaban J connectivity index is 1.88. The lowest BCUT2D eigenvalue weighted by atomic mass is 10.2. The maximum absolute atomic E-state index is 12.0. The number of amides is 1. The predicted octanol–water partition coefficient (Wildman–Crippen LogP) is 2.82. The molecule has 0 radical (unpaired) electrons. The molecule has 0 unspecified atom stereocenters. The second-order valence-electron chi connectivity index (χ2n) is 4.67. The minimum Gasteiger partial charge on any atom is -0.467 e. The van der Waals surface area contributed by atoms with Gasteiger partial charge < -0.3 is 14.5 Å². The number of nitrogens with one attached hydrogen (secondary N) is 1. The molecular weight excluding hydrogens is 290 g/mol. The molecule has 0 aliphatic heterocycles. The van der Waals surface area contributed by atoms with Crippen LogP contribution < -0.4 is 5.32 Å². The fourth-order valence-corrected chi connectivity index (χ4v) is 2.75. The summed E-state index contributed by atoms with van der Waals surface area (Å²) in [5.41, 5.74) is 0.517. The minimum atomic E-state index is -0.855. The van der Waals surface area contributed by atoms with Crippen LogP contribution in [0.4, 0.5) is 0 Å². The second-order valence-corrected chi connectivity index (χ2v) is 6.13. The molecule has 0 aromatic carbocycles. The summed E-state index contributed by atoms with van der Waals surface area (Å²) in [5.74, 6) is -0.187. The van der Waals surface area contributed by atoms with E-state index in [4.69, 9.17) is 9.15 Å². The number of furan rings is 1. The second kappa shape index (κ2) is 6.58. The Bertz CT molecular complexity index is 630. The van der Waals surface area contributed by atoms with E-state index in [2.05, 4.69) is 5.32 Å². The van der Waals surface area contributed by atoms with E-state index in [-0.39, 0.29) is 12.5 Å². The molecule has 2 aromatic rings. The first-order chi connectivity index (χ1) is 9.97. The van der Waals surface area contributed by atoms with Crippen molar-refractivity contribution in [3.8, 4) is 0 Å². The van der Waals surface area contributed by atoms with Gasteiger partial charge in [0.15, 0.2) is 6.10 Å². The first kappa shape index (κ1) is 15.3. The van der Waals surface area contributed by atoms with Crippen LogP contribution in [0.15, 0.2) is 28.9 Å². The highest BCUT2D eigenvalue weighted by molar-refractivity contribution is 7.12. The van der Waals surface area contributed by atoms with E-state index < -0.39 is 12.1 Å². The zero-order chi connectivity index (χ0) is 15.4. The quantitative estimate of drug-likeness (QED) is 0.862. The monoisotopic (exact) mass is 307 g/mol. The number of rotatable bonds is 5. The van der Waals surface area contributed by atoms with E-state index in [1.54, 1.807) is 25.1 Å². The van der Waals surface area contributed by atoms with Crippen LogP contribution in [0.5, 0.6) is 0 Å². The normalized spacial score (nSPS) is 12.0. The molecule has 1 N–H and O–H groups in total. The molecule has 21 heavy (non-hydrogen) atoms. The van der Waals surface area contributed by atoms with Gasteiger partial charge in [0.2, 0.25) is 0 Å². The number of aryl methyl sites for hydroxylation is 2. The molecule has 1 amide bonds. The van der Waals surface area contributed by atoms with Crippen molar-refractivity contribution in [3.63, 3.8) is 0 Å². The van der Waals surface area contributed by atoms with Gasteiger partial charge in [-0.1, -0.05) is 0 Å². The molecule has 2 aromatic heterocycles. The molecule has 2 heterocycles. The fourth-order valence-electron chi connectivity index (χ4n) is 1.84. The first-order valence-corrected chi connectivity index (χ1v) is 7.37. The molecule has 6 heteroatoms. The molecule has 0 saturated heterocycles.